The molecule has 0 saturated carbocycles. The SMILES string of the molecule is O=S(=O)(c1cccc(CN2C=NC(NC3CCNCC3)=C3C=C(Cl)SC32)c1)C(F)(F)F. The summed E-state index contributed by atoms with van der Waals surface area (Å²) >= 11 is 7.67. The van der Waals surface area contributed by atoms with Gasteiger partial charge in [-0.25, -0.2) is 13.4 Å². The maximum atomic E-state index is 12.9. The minimum Gasteiger partial charge on any atom is -0.367 e. The molecule has 0 radical (unpaired) electrons. The fraction of sp³-hybridized carbons (Fsp3) is 0.421. The Morgan fingerprint density at radius 2 is 2.03 bits per heavy atom. The summed E-state index contributed by atoms with van der Waals surface area (Å²) in [5.41, 5.74) is -4.02. The molecule has 1 saturated heterocycles. The van der Waals surface area contributed by atoms with Gasteiger partial charge in [0, 0.05) is 18.2 Å². The lowest BCUT2D eigenvalue weighted by atomic mass is 10.1. The Labute approximate surface area is 187 Å². The van der Waals surface area contributed by atoms with Gasteiger partial charge in [0.1, 0.15) is 11.2 Å². The molecule has 2 N–H and O–H groups in total. The Morgan fingerprint density at radius 1 is 1.29 bits per heavy atom. The summed E-state index contributed by atoms with van der Waals surface area (Å²) < 4.78 is 62.8. The standard InChI is InChI=1S/C19H20ClF3N4O2S2/c20-16-9-15-17(26-13-4-6-24-7-5-13)25-11-27(18(15)30-16)10-12-2-1-3-14(8-12)31(28,29)19(21,22)23/h1-3,8-9,11,13,18,24,26H,4-7,10H2. The van der Waals surface area contributed by atoms with Crippen molar-refractivity contribution in [1.82, 2.24) is 15.5 Å². The molecule has 3 aliphatic rings. The van der Waals surface area contributed by atoms with Crippen LogP contribution in [0.15, 0.2) is 56.0 Å². The monoisotopic (exact) mass is 492 g/mol. The van der Waals surface area contributed by atoms with E-state index in [1.54, 1.807) is 12.4 Å². The summed E-state index contributed by atoms with van der Waals surface area (Å²) in [6.45, 7) is 2.05. The van der Waals surface area contributed by atoms with Crippen LogP contribution in [-0.2, 0) is 16.4 Å². The number of hydrogen-bond acceptors (Lipinski definition) is 7. The summed E-state index contributed by atoms with van der Waals surface area (Å²) in [4.78, 5) is 5.58. The third-order valence-corrected chi connectivity index (χ3v) is 8.18. The van der Waals surface area contributed by atoms with Gasteiger partial charge < -0.3 is 15.5 Å². The number of rotatable bonds is 5. The van der Waals surface area contributed by atoms with E-state index in [1.807, 2.05) is 11.0 Å². The van der Waals surface area contributed by atoms with Crippen molar-refractivity contribution in [3.63, 3.8) is 0 Å². The number of hydrogen-bond donors (Lipinski definition) is 2. The molecule has 4 rings (SSSR count). The number of nitrogens with zero attached hydrogens (tertiary/aromatic N) is 2. The predicted octanol–water partition coefficient (Wildman–Crippen LogP) is 3.53. The Kier molecular flexibility index (Phi) is 6.30. The van der Waals surface area contributed by atoms with E-state index in [1.165, 1.54) is 17.8 Å². The molecule has 1 aromatic carbocycles. The molecule has 3 aliphatic heterocycles. The van der Waals surface area contributed by atoms with Gasteiger partial charge in [0.2, 0.25) is 0 Å². The maximum absolute atomic E-state index is 12.9. The molecule has 0 bridgehead atoms. The van der Waals surface area contributed by atoms with Crippen LogP contribution in [0.5, 0.6) is 0 Å². The second-order valence-corrected chi connectivity index (χ2v) is 11.1. The number of fused-ring (bicyclic) bond motifs is 1. The van der Waals surface area contributed by atoms with Crippen molar-refractivity contribution in [2.45, 2.75) is 41.2 Å². The highest BCUT2D eigenvalue weighted by atomic mass is 35.5. The average molecular weight is 493 g/mol. The van der Waals surface area contributed by atoms with E-state index in [-0.39, 0.29) is 11.9 Å². The fourth-order valence-electron chi connectivity index (χ4n) is 3.66. The first kappa shape index (κ1) is 22.5. The number of alkyl halides is 3. The third kappa shape index (κ3) is 4.74. The van der Waals surface area contributed by atoms with Crippen LogP contribution in [0, 0.1) is 0 Å². The van der Waals surface area contributed by atoms with Gasteiger partial charge in [-0.3, -0.25) is 0 Å². The molecule has 0 aromatic heterocycles. The van der Waals surface area contributed by atoms with Crippen LogP contribution < -0.4 is 10.6 Å². The molecule has 12 heteroatoms. The van der Waals surface area contributed by atoms with Crippen molar-refractivity contribution in [3.05, 3.63) is 51.7 Å². The molecule has 1 fully saturated rings. The number of aliphatic imine (C=N–C) groups is 1. The van der Waals surface area contributed by atoms with Crippen molar-refractivity contribution < 1.29 is 21.6 Å². The Morgan fingerprint density at radius 3 is 2.74 bits per heavy atom. The van der Waals surface area contributed by atoms with E-state index >= 15 is 0 Å². The van der Waals surface area contributed by atoms with Gasteiger partial charge in [0.05, 0.1) is 15.6 Å². The quantitative estimate of drug-likeness (QED) is 0.655. The summed E-state index contributed by atoms with van der Waals surface area (Å²) in [7, 11) is -5.40. The van der Waals surface area contributed by atoms with Crippen LogP contribution in [0.3, 0.4) is 0 Å². The molecule has 3 heterocycles. The summed E-state index contributed by atoms with van der Waals surface area (Å²) in [6.07, 6.45) is 5.42. The zero-order valence-electron chi connectivity index (χ0n) is 16.2. The Hall–Kier alpha value is -1.69. The third-order valence-electron chi connectivity index (χ3n) is 5.23. The minimum absolute atomic E-state index is 0.185. The van der Waals surface area contributed by atoms with E-state index in [9.17, 15) is 21.6 Å². The predicted molar refractivity (Wildman–Crippen MR) is 115 cm³/mol. The molecule has 0 aliphatic carbocycles. The van der Waals surface area contributed by atoms with E-state index < -0.39 is 20.2 Å². The van der Waals surface area contributed by atoms with Crippen LogP contribution in [0.4, 0.5) is 13.2 Å². The number of piperidine rings is 1. The highest BCUT2D eigenvalue weighted by Crippen LogP contribution is 2.43. The molecule has 0 spiro atoms. The molecular formula is C19H20ClF3N4O2S2. The van der Waals surface area contributed by atoms with Gasteiger partial charge in [-0.05, 0) is 49.7 Å². The lowest BCUT2D eigenvalue weighted by molar-refractivity contribution is -0.0436. The van der Waals surface area contributed by atoms with Crippen LogP contribution in [0.1, 0.15) is 18.4 Å². The summed E-state index contributed by atoms with van der Waals surface area (Å²) in [5.74, 6) is 0.740. The van der Waals surface area contributed by atoms with E-state index in [4.69, 9.17) is 11.6 Å². The van der Waals surface area contributed by atoms with Crippen molar-refractivity contribution in [2.24, 2.45) is 4.99 Å². The van der Waals surface area contributed by atoms with Crippen LogP contribution in [0.2, 0.25) is 0 Å². The van der Waals surface area contributed by atoms with Gasteiger partial charge in [0.15, 0.2) is 0 Å². The van der Waals surface area contributed by atoms with Gasteiger partial charge in [-0.1, -0.05) is 35.5 Å². The first-order valence-electron chi connectivity index (χ1n) is 9.60. The molecule has 6 nitrogen and oxygen atoms in total. The Bertz CT molecular complexity index is 1050. The largest absolute Gasteiger partial charge is 0.501 e. The van der Waals surface area contributed by atoms with Crippen molar-refractivity contribution in [1.29, 1.82) is 0 Å². The van der Waals surface area contributed by atoms with E-state index in [0.717, 1.165) is 49.5 Å². The first-order valence-corrected chi connectivity index (χ1v) is 12.3. The Balaban J connectivity index is 1.54. The highest BCUT2D eigenvalue weighted by molar-refractivity contribution is 8.05. The molecule has 1 unspecified atom stereocenters. The number of sulfone groups is 1. The van der Waals surface area contributed by atoms with Crippen molar-refractivity contribution in [3.8, 4) is 0 Å². The number of thioether (sulfide) groups is 1. The van der Waals surface area contributed by atoms with Crippen LogP contribution in [0.25, 0.3) is 0 Å². The molecular weight excluding hydrogens is 473 g/mol. The molecule has 1 aromatic rings. The lowest BCUT2D eigenvalue weighted by Crippen LogP contribution is -2.42. The molecule has 0 amide bonds. The van der Waals surface area contributed by atoms with Crippen molar-refractivity contribution >= 4 is 39.5 Å². The van der Waals surface area contributed by atoms with Gasteiger partial charge in [-0.2, -0.15) is 13.2 Å². The zero-order chi connectivity index (χ0) is 22.2. The number of nitrogens with one attached hydrogen (secondary N) is 2. The summed E-state index contributed by atoms with van der Waals surface area (Å²) in [5, 5.41) is 6.59. The second-order valence-electron chi connectivity index (χ2n) is 7.40. The second kappa shape index (κ2) is 8.68. The maximum Gasteiger partial charge on any atom is 0.501 e. The summed E-state index contributed by atoms with van der Waals surface area (Å²) in [6, 6.07) is 5.20. The first-order chi connectivity index (χ1) is 14.6. The molecule has 1 atom stereocenters. The van der Waals surface area contributed by atoms with Gasteiger partial charge in [0.25, 0.3) is 9.84 Å². The van der Waals surface area contributed by atoms with Crippen LogP contribution in [-0.4, -0.2) is 49.7 Å². The lowest BCUT2D eigenvalue weighted by Gasteiger charge is -2.33. The molecule has 168 valence electrons. The van der Waals surface area contributed by atoms with Gasteiger partial charge in [-0.15, -0.1) is 0 Å². The average Bonchev–Trinajstić information content (AvgIpc) is 3.12. The normalized spacial score (nSPS) is 22.5. The minimum atomic E-state index is -5.40. The number of halogens is 4. The highest BCUT2D eigenvalue weighted by Gasteiger charge is 2.47. The van der Waals surface area contributed by atoms with E-state index in [2.05, 4.69) is 15.6 Å². The number of benzene rings is 1. The fourth-order valence-corrected chi connectivity index (χ4v) is 5.84. The van der Waals surface area contributed by atoms with Crippen molar-refractivity contribution in [2.75, 3.05) is 13.1 Å². The topological polar surface area (TPSA) is 73.8 Å². The van der Waals surface area contributed by atoms with E-state index in [0.29, 0.717) is 16.0 Å². The van der Waals surface area contributed by atoms with Crippen LogP contribution >= 0.6 is 23.4 Å². The molecule has 31 heavy (non-hydrogen) atoms. The smallest absolute Gasteiger partial charge is 0.367 e. The van der Waals surface area contributed by atoms with Gasteiger partial charge >= 0.3 is 5.51 Å². The zero-order valence-corrected chi connectivity index (χ0v) is 18.6.